The van der Waals surface area contributed by atoms with Gasteiger partial charge in [-0.1, -0.05) is 23.5 Å². The van der Waals surface area contributed by atoms with Crippen molar-refractivity contribution in [3.05, 3.63) is 91.8 Å². The molecule has 0 aliphatic carbocycles. The van der Waals surface area contributed by atoms with Crippen LogP contribution in [0.15, 0.2) is 53.3 Å². The second-order valence-electron chi connectivity index (χ2n) is 7.86. The minimum Gasteiger partial charge on any atom is -0.465 e. The smallest absolute Gasteiger partial charge is 0.337 e. The Morgan fingerprint density at radius 3 is 2.37 bits per heavy atom. The number of thiazole rings is 1. The zero-order valence-electron chi connectivity index (χ0n) is 19.5. The average molecular weight is 491 g/mol. The highest BCUT2D eigenvalue weighted by Crippen LogP contribution is 2.25. The fraction of sp³-hybridized carbons (Fsp3) is 0.160. The van der Waals surface area contributed by atoms with Crippen molar-refractivity contribution in [2.24, 2.45) is 0 Å². The third-order valence-electron chi connectivity index (χ3n) is 5.49. The summed E-state index contributed by atoms with van der Waals surface area (Å²) in [4.78, 5) is 55.7. The minimum atomic E-state index is -0.666. The average Bonchev–Trinajstić information content (AvgIpc) is 3.22. The number of nitrogens with zero attached hydrogens (tertiary/aromatic N) is 2. The molecule has 2 N–H and O–H groups in total. The summed E-state index contributed by atoms with van der Waals surface area (Å²) in [6, 6.07) is 12.9. The minimum absolute atomic E-state index is 0.0461. The van der Waals surface area contributed by atoms with Crippen LogP contribution in [0.1, 0.15) is 47.3 Å². The van der Waals surface area contributed by atoms with Crippen LogP contribution in [0.25, 0.3) is 4.96 Å². The lowest BCUT2D eigenvalue weighted by Gasteiger charge is -2.11. The van der Waals surface area contributed by atoms with E-state index in [1.54, 1.807) is 13.0 Å². The predicted octanol–water partition coefficient (Wildman–Crippen LogP) is 3.97. The maximum Gasteiger partial charge on any atom is 0.337 e. The predicted molar refractivity (Wildman–Crippen MR) is 134 cm³/mol. The molecule has 0 aliphatic rings. The summed E-state index contributed by atoms with van der Waals surface area (Å²) in [5, 5.41) is 5.54. The standard InChI is InChI=1S/C25H22N4O5S/c1-13-6-5-7-18(15(13)3)28-23(32)21-20(29-19(30)12-14(2)26-25(29)35-21)22(31)27-17-10-8-16(9-11-17)24(33)34-4/h5-12H,1-4H3,(H,27,31)(H,28,32). The van der Waals surface area contributed by atoms with Gasteiger partial charge in [0.2, 0.25) is 0 Å². The maximum atomic E-state index is 13.3. The molecule has 0 radical (unpaired) electrons. The van der Waals surface area contributed by atoms with Gasteiger partial charge in [0.1, 0.15) is 10.6 Å². The highest BCUT2D eigenvalue weighted by Gasteiger charge is 2.26. The number of carbonyl (C=O) groups is 3. The molecule has 0 aliphatic heterocycles. The monoisotopic (exact) mass is 490 g/mol. The molecule has 2 aromatic heterocycles. The van der Waals surface area contributed by atoms with E-state index in [1.807, 2.05) is 26.0 Å². The van der Waals surface area contributed by atoms with Crippen LogP contribution in [-0.4, -0.2) is 34.3 Å². The lowest BCUT2D eigenvalue weighted by atomic mass is 10.1. The molecule has 0 bridgehead atoms. The Bertz CT molecular complexity index is 1540. The van der Waals surface area contributed by atoms with Gasteiger partial charge in [0.05, 0.1) is 12.7 Å². The lowest BCUT2D eigenvalue weighted by molar-refractivity contribution is 0.0600. The second-order valence-corrected chi connectivity index (χ2v) is 8.84. The SMILES string of the molecule is COC(=O)c1ccc(NC(=O)c2c(C(=O)Nc3cccc(C)c3C)sc3nc(C)cc(=O)n23)cc1. The quantitative estimate of drug-likeness (QED) is 0.409. The summed E-state index contributed by atoms with van der Waals surface area (Å²) < 4.78 is 5.81. The zero-order chi connectivity index (χ0) is 25.3. The fourth-order valence-corrected chi connectivity index (χ4v) is 4.58. The molecule has 35 heavy (non-hydrogen) atoms. The van der Waals surface area contributed by atoms with Crippen LogP contribution >= 0.6 is 11.3 Å². The van der Waals surface area contributed by atoms with Crippen molar-refractivity contribution < 1.29 is 19.1 Å². The topological polar surface area (TPSA) is 119 Å². The van der Waals surface area contributed by atoms with E-state index in [4.69, 9.17) is 0 Å². The first-order valence-electron chi connectivity index (χ1n) is 10.6. The molecule has 2 aromatic carbocycles. The van der Waals surface area contributed by atoms with Crippen molar-refractivity contribution in [1.29, 1.82) is 0 Å². The van der Waals surface area contributed by atoms with Gasteiger partial charge in [-0.15, -0.1) is 0 Å². The number of esters is 1. The van der Waals surface area contributed by atoms with E-state index in [0.29, 0.717) is 22.6 Å². The summed E-state index contributed by atoms with van der Waals surface area (Å²) in [5.74, 6) is -1.71. The van der Waals surface area contributed by atoms with Gasteiger partial charge in [-0.05, 0) is 62.2 Å². The number of fused-ring (bicyclic) bond motifs is 1. The van der Waals surface area contributed by atoms with Crippen molar-refractivity contribution >= 4 is 45.5 Å². The number of rotatable bonds is 5. The van der Waals surface area contributed by atoms with Gasteiger partial charge in [0.15, 0.2) is 4.96 Å². The van der Waals surface area contributed by atoms with Crippen molar-refractivity contribution in [1.82, 2.24) is 9.38 Å². The first-order valence-corrected chi connectivity index (χ1v) is 11.4. The Labute approximate surface area is 204 Å². The summed E-state index contributed by atoms with van der Waals surface area (Å²) in [5.41, 5.74) is 3.07. The van der Waals surface area contributed by atoms with E-state index in [-0.39, 0.29) is 15.5 Å². The molecule has 0 unspecified atom stereocenters. The van der Waals surface area contributed by atoms with Crippen molar-refractivity contribution in [3.8, 4) is 0 Å². The first-order chi connectivity index (χ1) is 16.7. The largest absolute Gasteiger partial charge is 0.465 e. The molecule has 2 amide bonds. The van der Waals surface area contributed by atoms with Crippen LogP contribution in [0.4, 0.5) is 11.4 Å². The van der Waals surface area contributed by atoms with Crippen LogP contribution in [0.2, 0.25) is 0 Å². The number of nitrogens with one attached hydrogen (secondary N) is 2. The first kappa shape index (κ1) is 23.8. The number of hydrogen-bond donors (Lipinski definition) is 2. The Morgan fingerprint density at radius 1 is 0.971 bits per heavy atom. The third-order valence-corrected chi connectivity index (χ3v) is 6.53. The number of hydrogen-bond acceptors (Lipinski definition) is 7. The zero-order valence-corrected chi connectivity index (χ0v) is 20.3. The number of aryl methyl sites for hydroxylation is 2. The van der Waals surface area contributed by atoms with E-state index < -0.39 is 23.3 Å². The summed E-state index contributed by atoms with van der Waals surface area (Å²) in [7, 11) is 1.28. The van der Waals surface area contributed by atoms with Crippen LogP contribution in [0, 0.1) is 20.8 Å². The molecule has 0 fully saturated rings. The van der Waals surface area contributed by atoms with Gasteiger partial charge in [-0.2, -0.15) is 0 Å². The number of benzene rings is 2. The highest BCUT2D eigenvalue weighted by atomic mass is 32.1. The molecule has 9 nitrogen and oxygen atoms in total. The molecule has 10 heteroatoms. The normalized spacial score (nSPS) is 10.7. The van der Waals surface area contributed by atoms with Gasteiger partial charge in [0.25, 0.3) is 17.4 Å². The Morgan fingerprint density at radius 2 is 1.69 bits per heavy atom. The van der Waals surface area contributed by atoms with Gasteiger partial charge in [-0.3, -0.25) is 14.4 Å². The molecule has 0 saturated carbocycles. The number of carbonyl (C=O) groups excluding carboxylic acids is 3. The fourth-order valence-electron chi connectivity index (χ4n) is 3.51. The summed E-state index contributed by atoms with van der Waals surface area (Å²) in [6.45, 7) is 5.48. The van der Waals surface area contributed by atoms with Crippen LogP contribution in [0.5, 0.6) is 0 Å². The van der Waals surface area contributed by atoms with E-state index in [9.17, 15) is 19.2 Å². The van der Waals surface area contributed by atoms with E-state index >= 15 is 0 Å². The van der Waals surface area contributed by atoms with Crippen LogP contribution < -0.4 is 16.2 Å². The molecular weight excluding hydrogens is 468 g/mol. The molecule has 2 heterocycles. The van der Waals surface area contributed by atoms with Gasteiger partial charge in [-0.25, -0.2) is 14.2 Å². The summed E-state index contributed by atoms with van der Waals surface area (Å²) >= 11 is 0.956. The number of aromatic nitrogens is 2. The number of ether oxygens (including phenoxy) is 1. The highest BCUT2D eigenvalue weighted by molar-refractivity contribution is 7.19. The molecule has 4 aromatic rings. The Hall–Kier alpha value is -4.31. The maximum absolute atomic E-state index is 13.3. The Kier molecular flexibility index (Phi) is 6.48. The van der Waals surface area contributed by atoms with Crippen molar-refractivity contribution in [3.63, 3.8) is 0 Å². The molecule has 0 saturated heterocycles. The van der Waals surface area contributed by atoms with Crippen LogP contribution in [-0.2, 0) is 4.74 Å². The van der Waals surface area contributed by atoms with Crippen molar-refractivity contribution in [2.75, 3.05) is 17.7 Å². The Balaban J connectivity index is 1.75. The molecule has 0 atom stereocenters. The number of methoxy groups -OCH3 is 1. The molecule has 0 spiro atoms. The van der Waals surface area contributed by atoms with E-state index in [1.165, 1.54) is 37.4 Å². The van der Waals surface area contributed by atoms with Crippen molar-refractivity contribution in [2.45, 2.75) is 20.8 Å². The van der Waals surface area contributed by atoms with E-state index in [0.717, 1.165) is 26.9 Å². The number of amides is 2. The van der Waals surface area contributed by atoms with Gasteiger partial charge in [0, 0.05) is 23.1 Å². The molecule has 4 rings (SSSR count). The molecular formula is C25H22N4O5S. The van der Waals surface area contributed by atoms with Crippen LogP contribution in [0.3, 0.4) is 0 Å². The summed E-state index contributed by atoms with van der Waals surface area (Å²) in [6.07, 6.45) is 0. The third kappa shape index (κ3) is 4.69. The molecule has 178 valence electrons. The lowest BCUT2D eigenvalue weighted by Crippen LogP contribution is -2.25. The van der Waals surface area contributed by atoms with E-state index in [2.05, 4.69) is 20.4 Å². The second kappa shape index (κ2) is 9.51. The number of anilines is 2. The van der Waals surface area contributed by atoms with Gasteiger partial charge >= 0.3 is 5.97 Å². The van der Waals surface area contributed by atoms with Gasteiger partial charge < -0.3 is 15.4 Å².